The summed E-state index contributed by atoms with van der Waals surface area (Å²) in [6.45, 7) is 1.47. The van der Waals surface area contributed by atoms with Crippen molar-refractivity contribution < 1.29 is 23.9 Å². The lowest BCUT2D eigenvalue weighted by Gasteiger charge is -2.25. The van der Waals surface area contributed by atoms with Gasteiger partial charge in [-0.1, -0.05) is 36.0 Å². The van der Waals surface area contributed by atoms with E-state index in [0.717, 1.165) is 23.3 Å². The van der Waals surface area contributed by atoms with Gasteiger partial charge in [-0.15, -0.1) is 0 Å². The monoisotopic (exact) mass is 537 g/mol. The Morgan fingerprint density at radius 2 is 1.84 bits per heavy atom. The topological polar surface area (TPSA) is 122 Å². The van der Waals surface area contributed by atoms with Crippen LogP contribution in [0.5, 0.6) is 5.75 Å². The molecule has 0 saturated heterocycles. The van der Waals surface area contributed by atoms with Crippen LogP contribution in [0.25, 0.3) is 0 Å². The van der Waals surface area contributed by atoms with Gasteiger partial charge < -0.3 is 20.1 Å². The Kier molecular flexibility index (Phi) is 9.50. The van der Waals surface area contributed by atoms with Gasteiger partial charge in [0.15, 0.2) is 5.17 Å². The van der Waals surface area contributed by atoms with Crippen molar-refractivity contribution in [2.45, 2.75) is 31.8 Å². The number of ether oxygens (including phenoxy) is 2. The van der Waals surface area contributed by atoms with Gasteiger partial charge in [0.05, 0.1) is 18.6 Å². The second kappa shape index (κ2) is 13.2. The number of amidine groups is 2. The number of aliphatic imine (C=N–C) groups is 2. The SMILES string of the molecule is COCCCNC(=O)CSC1=Nc2ccccc2C2=NC(CCC(=O)NCc3ccc(OC)cc3)C(=O)N12. The third kappa shape index (κ3) is 6.78. The predicted octanol–water partition coefficient (Wildman–Crippen LogP) is 2.64. The summed E-state index contributed by atoms with van der Waals surface area (Å²) in [5, 5.41) is 6.13. The molecule has 200 valence electrons. The van der Waals surface area contributed by atoms with E-state index in [1.54, 1.807) is 14.2 Å². The highest BCUT2D eigenvalue weighted by atomic mass is 32.2. The fourth-order valence-electron chi connectivity index (χ4n) is 4.01. The maximum atomic E-state index is 13.4. The van der Waals surface area contributed by atoms with E-state index in [-0.39, 0.29) is 36.3 Å². The minimum absolute atomic E-state index is 0.115. The first-order valence-electron chi connectivity index (χ1n) is 12.4. The summed E-state index contributed by atoms with van der Waals surface area (Å²) in [5.41, 5.74) is 2.39. The van der Waals surface area contributed by atoms with Crippen LogP contribution in [-0.2, 0) is 25.7 Å². The number of amides is 3. The molecule has 38 heavy (non-hydrogen) atoms. The first-order chi connectivity index (χ1) is 18.5. The zero-order valence-corrected chi connectivity index (χ0v) is 22.3. The summed E-state index contributed by atoms with van der Waals surface area (Å²) in [6, 6.07) is 14.2. The second-order valence-electron chi connectivity index (χ2n) is 8.70. The molecule has 2 heterocycles. The normalized spacial score (nSPS) is 15.8. The van der Waals surface area contributed by atoms with Crippen LogP contribution in [0.15, 0.2) is 58.5 Å². The van der Waals surface area contributed by atoms with Gasteiger partial charge in [0, 0.05) is 38.8 Å². The minimum atomic E-state index is -0.698. The van der Waals surface area contributed by atoms with E-state index >= 15 is 0 Å². The van der Waals surface area contributed by atoms with E-state index in [1.165, 1.54) is 16.7 Å². The van der Waals surface area contributed by atoms with Crippen LogP contribution < -0.4 is 15.4 Å². The van der Waals surface area contributed by atoms with E-state index in [2.05, 4.69) is 20.6 Å². The average molecular weight is 538 g/mol. The molecule has 0 bridgehead atoms. The van der Waals surface area contributed by atoms with Crippen LogP contribution in [0.4, 0.5) is 5.69 Å². The molecule has 0 aromatic heterocycles. The van der Waals surface area contributed by atoms with Crippen LogP contribution in [0, 0.1) is 0 Å². The lowest BCUT2D eigenvalue weighted by atomic mass is 10.1. The van der Waals surface area contributed by atoms with E-state index in [0.29, 0.717) is 36.4 Å². The molecule has 0 fully saturated rings. The Labute approximate surface area is 225 Å². The third-order valence-corrected chi connectivity index (χ3v) is 6.96. The number of methoxy groups -OCH3 is 2. The molecule has 10 nitrogen and oxygen atoms in total. The van der Waals surface area contributed by atoms with Gasteiger partial charge in [-0.05, 0) is 42.7 Å². The highest BCUT2D eigenvalue weighted by Crippen LogP contribution is 2.34. The first-order valence-corrected chi connectivity index (χ1v) is 13.4. The van der Waals surface area contributed by atoms with Crippen molar-refractivity contribution in [2.75, 3.05) is 33.1 Å². The fraction of sp³-hybridized carbons (Fsp3) is 0.370. The fourth-order valence-corrected chi connectivity index (χ4v) is 4.84. The number of benzene rings is 2. The molecule has 2 N–H and O–H groups in total. The zero-order valence-electron chi connectivity index (χ0n) is 21.4. The molecule has 0 saturated carbocycles. The Morgan fingerprint density at radius 3 is 2.61 bits per heavy atom. The molecule has 1 atom stereocenters. The summed E-state index contributed by atoms with van der Waals surface area (Å²) in [4.78, 5) is 48.9. The smallest absolute Gasteiger partial charge is 0.259 e. The Balaban J connectivity index is 1.36. The van der Waals surface area contributed by atoms with Gasteiger partial charge in [0.2, 0.25) is 11.8 Å². The number of thioether (sulfide) groups is 1. The minimum Gasteiger partial charge on any atom is -0.497 e. The molecule has 1 unspecified atom stereocenters. The van der Waals surface area contributed by atoms with Crippen molar-refractivity contribution in [2.24, 2.45) is 9.98 Å². The number of carbonyl (C=O) groups excluding carboxylic acids is 3. The zero-order chi connectivity index (χ0) is 26.9. The van der Waals surface area contributed by atoms with E-state index in [1.807, 2.05) is 48.5 Å². The summed E-state index contributed by atoms with van der Waals surface area (Å²) >= 11 is 1.19. The van der Waals surface area contributed by atoms with Crippen molar-refractivity contribution >= 4 is 46.2 Å². The highest BCUT2D eigenvalue weighted by molar-refractivity contribution is 8.14. The number of hydrogen-bond acceptors (Lipinski definition) is 8. The molecule has 2 aromatic carbocycles. The molecule has 4 rings (SSSR count). The molecule has 2 aromatic rings. The highest BCUT2D eigenvalue weighted by Gasteiger charge is 2.41. The van der Waals surface area contributed by atoms with Crippen LogP contribution in [0.2, 0.25) is 0 Å². The van der Waals surface area contributed by atoms with Gasteiger partial charge in [0.25, 0.3) is 5.91 Å². The molecule has 0 radical (unpaired) electrons. The Bertz CT molecular complexity index is 1230. The summed E-state index contributed by atoms with van der Waals surface area (Å²) < 4.78 is 10.1. The van der Waals surface area contributed by atoms with Gasteiger partial charge in [-0.3, -0.25) is 19.4 Å². The number of rotatable bonds is 12. The molecular weight excluding hydrogens is 506 g/mol. The van der Waals surface area contributed by atoms with E-state index in [9.17, 15) is 14.4 Å². The van der Waals surface area contributed by atoms with Gasteiger partial charge in [0.1, 0.15) is 17.6 Å². The van der Waals surface area contributed by atoms with Gasteiger partial charge in [-0.2, -0.15) is 0 Å². The van der Waals surface area contributed by atoms with Crippen molar-refractivity contribution in [3.63, 3.8) is 0 Å². The number of fused-ring (bicyclic) bond motifs is 3. The molecule has 0 spiro atoms. The van der Waals surface area contributed by atoms with Gasteiger partial charge >= 0.3 is 0 Å². The number of nitrogens with zero attached hydrogens (tertiary/aromatic N) is 3. The maximum Gasteiger partial charge on any atom is 0.259 e. The first kappa shape index (κ1) is 27.3. The number of para-hydroxylation sites is 1. The lowest BCUT2D eigenvalue weighted by molar-refractivity contribution is -0.125. The summed E-state index contributed by atoms with van der Waals surface area (Å²) in [7, 11) is 3.22. The van der Waals surface area contributed by atoms with Crippen LogP contribution >= 0.6 is 11.8 Å². The van der Waals surface area contributed by atoms with Crippen LogP contribution in [-0.4, -0.2) is 72.8 Å². The Morgan fingerprint density at radius 1 is 1.05 bits per heavy atom. The van der Waals surface area contributed by atoms with Crippen LogP contribution in [0.1, 0.15) is 30.4 Å². The van der Waals surface area contributed by atoms with E-state index in [4.69, 9.17) is 9.47 Å². The van der Waals surface area contributed by atoms with Crippen molar-refractivity contribution in [1.29, 1.82) is 0 Å². The quantitative estimate of drug-likeness (QED) is 0.402. The van der Waals surface area contributed by atoms with E-state index < -0.39 is 6.04 Å². The lowest BCUT2D eigenvalue weighted by Crippen LogP contribution is -2.42. The number of hydrogen-bond donors (Lipinski definition) is 2. The van der Waals surface area contributed by atoms with Crippen molar-refractivity contribution in [3.8, 4) is 5.75 Å². The van der Waals surface area contributed by atoms with Crippen LogP contribution in [0.3, 0.4) is 0 Å². The summed E-state index contributed by atoms with van der Waals surface area (Å²) in [5.74, 6) is 0.816. The second-order valence-corrected chi connectivity index (χ2v) is 9.64. The average Bonchev–Trinajstić information content (AvgIpc) is 3.28. The molecule has 2 aliphatic rings. The van der Waals surface area contributed by atoms with Crippen molar-refractivity contribution in [3.05, 3.63) is 59.7 Å². The van der Waals surface area contributed by atoms with Crippen molar-refractivity contribution in [1.82, 2.24) is 15.5 Å². The summed E-state index contributed by atoms with van der Waals surface area (Å²) in [6.07, 6.45) is 1.15. The predicted molar refractivity (Wildman–Crippen MR) is 147 cm³/mol. The third-order valence-electron chi connectivity index (χ3n) is 6.02. The largest absolute Gasteiger partial charge is 0.497 e. The molecule has 0 aliphatic carbocycles. The standard InChI is InChI=1S/C27H31N5O5S/c1-36-15-5-14-28-24(34)17-38-27-31-21-7-4-3-6-20(21)25-30-22(26(35)32(25)27)12-13-23(33)29-16-18-8-10-19(37-2)11-9-18/h3-4,6-11,22H,5,12-17H2,1-2H3,(H,28,34)(H,29,33). The number of carbonyl (C=O) groups is 3. The molecular formula is C27H31N5O5S. The van der Waals surface area contributed by atoms with Gasteiger partial charge in [-0.25, -0.2) is 9.89 Å². The Hall–Kier alpha value is -3.70. The molecule has 11 heteroatoms. The maximum absolute atomic E-state index is 13.4. The molecule has 2 aliphatic heterocycles. The molecule has 3 amide bonds. The number of nitrogens with one attached hydrogen (secondary N) is 2.